The Morgan fingerprint density at radius 3 is 2.56 bits per heavy atom. The first-order valence-corrected chi connectivity index (χ1v) is 7.37. The van der Waals surface area contributed by atoms with Crippen LogP contribution in [0.3, 0.4) is 0 Å². The number of piperazine rings is 1. The molecular weight excluding hydrogens is 250 g/mol. The molecule has 1 aromatic rings. The van der Waals surface area contributed by atoms with E-state index in [4.69, 9.17) is 0 Å². The van der Waals surface area contributed by atoms with Gasteiger partial charge >= 0.3 is 0 Å². The Labute approximate surface area is 109 Å². The summed E-state index contributed by atoms with van der Waals surface area (Å²) in [5.74, 6) is 0. The van der Waals surface area contributed by atoms with Crippen LogP contribution in [-0.2, 0) is 10.2 Å². The third-order valence-electron chi connectivity index (χ3n) is 3.13. The van der Waals surface area contributed by atoms with Crippen molar-refractivity contribution in [3.8, 4) is 0 Å². The average molecular weight is 269 g/mol. The van der Waals surface area contributed by atoms with Gasteiger partial charge in [0, 0.05) is 39.8 Å². The molecule has 1 fully saturated rings. The van der Waals surface area contributed by atoms with E-state index in [1.165, 1.54) is 8.61 Å². The minimum absolute atomic E-state index is 0.0645. The molecule has 1 heterocycles. The van der Waals surface area contributed by atoms with Crippen molar-refractivity contribution in [2.75, 3.05) is 33.7 Å². The predicted octanol–water partition coefficient (Wildman–Crippen LogP) is 0.439. The lowest BCUT2D eigenvalue weighted by atomic mass is 10.1. The van der Waals surface area contributed by atoms with E-state index in [-0.39, 0.29) is 6.04 Å². The van der Waals surface area contributed by atoms with E-state index in [0.717, 1.165) is 5.56 Å². The first kappa shape index (κ1) is 13.5. The van der Waals surface area contributed by atoms with Crippen molar-refractivity contribution in [1.82, 2.24) is 13.9 Å². The highest BCUT2D eigenvalue weighted by Gasteiger charge is 2.30. The van der Waals surface area contributed by atoms with Crippen molar-refractivity contribution >= 4 is 10.2 Å². The molecule has 1 unspecified atom stereocenters. The summed E-state index contributed by atoms with van der Waals surface area (Å²) < 4.78 is 27.0. The molecule has 1 aliphatic rings. The SMILES string of the molecule is CN(C)S(=O)(=O)N1CCNC(c2ccccc2)C1. The molecule has 0 amide bonds. The van der Waals surface area contributed by atoms with Gasteiger partial charge < -0.3 is 5.32 Å². The summed E-state index contributed by atoms with van der Waals surface area (Å²) >= 11 is 0. The van der Waals surface area contributed by atoms with Crippen LogP contribution in [0.2, 0.25) is 0 Å². The van der Waals surface area contributed by atoms with Gasteiger partial charge in [0.15, 0.2) is 0 Å². The molecule has 2 rings (SSSR count). The normalized spacial score (nSPS) is 22.3. The summed E-state index contributed by atoms with van der Waals surface area (Å²) in [5, 5.41) is 3.35. The number of nitrogens with one attached hydrogen (secondary N) is 1. The minimum Gasteiger partial charge on any atom is -0.308 e. The van der Waals surface area contributed by atoms with Crippen molar-refractivity contribution in [1.29, 1.82) is 0 Å². The molecule has 1 aromatic carbocycles. The highest BCUT2D eigenvalue weighted by molar-refractivity contribution is 7.86. The van der Waals surface area contributed by atoms with Crippen LogP contribution in [0.1, 0.15) is 11.6 Å². The molecule has 0 aliphatic carbocycles. The standard InChI is InChI=1S/C12H19N3O2S/c1-14(2)18(16,17)15-9-8-13-12(10-15)11-6-4-3-5-7-11/h3-7,12-13H,8-10H2,1-2H3. The zero-order chi connectivity index (χ0) is 13.2. The zero-order valence-electron chi connectivity index (χ0n) is 10.7. The molecule has 0 spiro atoms. The van der Waals surface area contributed by atoms with E-state index in [1.54, 1.807) is 14.1 Å². The number of benzene rings is 1. The van der Waals surface area contributed by atoms with Crippen LogP contribution in [-0.4, -0.2) is 50.8 Å². The topological polar surface area (TPSA) is 52.7 Å². The van der Waals surface area contributed by atoms with Crippen molar-refractivity contribution in [3.63, 3.8) is 0 Å². The Kier molecular flexibility index (Phi) is 4.01. The third-order valence-corrected chi connectivity index (χ3v) is 5.03. The molecule has 1 saturated heterocycles. The van der Waals surface area contributed by atoms with Crippen LogP contribution in [0.15, 0.2) is 30.3 Å². The Balaban J connectivity index is 2.15. The van der Waals surface area contributed by atoms with Gasteiger partial charge in [-0.1, -0.05) is 30.3 Å². The molecular formula is C12H19N3O2S. The van der Waals surface area contributed by atoms with E-state index < -0.39 is 10.2 Å². The van der Waals surface area contributed by atoms with Gasteiger partial charge in [0.1, 0.15) is 0 Å². The van der Waals surface area contributed by atoms with Crippen LogP contribution < -0.4 is 5.32 Å². The summed E-state index contributed by atoms with van der Waals surface area (Å²) in [6.07, 6.45) is 0. The summed E-state index contributed by atoms with van der Waals surface area (Å²) in [7, 11) is -0.185. The maximum atomic E-state index is 12.1. The molecule has 0 aromatic heterocycles. The number of rotatable bonds is 3. The highest BCUT2D eigenvalue weighted by Crippen LogP contribution is 2.19. The van der Waals surface area contributed by atoms with Gasteiger partial charge in [-0.25, -0.2) is 0 Å². The molecule has 0 bridgehead atoms. The summed E-state index contributed by atoms with van der Waals surface area (Å²) in [4.78, 5) is 0. The Morgan fingerprint density at radius 1 is 1.28 bits per heavy atom. The van der Waals surface area contributed by atoms with E-state index in [0.29, 0.717) is 19.6 Å². The van der Waals surface area contributed by atoms with E-state index >= 15 is 0 Å². The fourth-order valence-corrected chi connectivity index (χ4v) is 3.19. The van der Waals surface area contributed by atoms with Crippen LogP contribution in [0.5, 0.6) is 0 Å². The van der Waals surface area contributed by atoms with Crippen LogP contribution >= 0.6 is 0 Å². The van der Waals surface area contributed by atoms with Gasteiger partial charge in [-0.15, -0.1) is 0 Å². The maximum absolute atomic E-state index is 12.1. The molecule has 0 saturated carbocycles. The fourth-order valence-electron chi connectivity index (χ4n) is 2.07. The lowest BCUT2D eigenvalue weighted by molar-refractivity contribution is 0.287. The number of nitrogens with zero attached hydrogens (tertiary/aromatic N) is 2. The highest BCUT2D eigenvalue weighted by atomic mass is 32.2. The summed E-state index contributed by atoms with van der Waals surface area (Å²) in [6, 6.07) is 10.00. The number of hydrogen-bond donors (Lipinski definition) is 1. The Morgan fingerprint density at radius 2 is 1.94 bits per heavy atom. The fraction of sp³-hybridized carbons (Fsp3) is 0.500. The van der Waals surface area contributed by atoms with Crippen LogP contribution in [0.4, 0.5) is 0 Å². The van der Waals surface area contributed by atoms with Gasteiger partial charge in [-0.3, -0.25) is 0 Å². The molecule has 5 nitrogen and oxygen atoms in total. The lowest BCUT2D eigenvalue weighted by Gasteiger charge is -2.34. The predicted molar refractivity (Wildman–Crippen MR) is 71.4 cm³/mol. The largest absolute Gasteiger partial charge is 0.308 e. The van der Waals surface area contributed by atoms with Crippen molar-refractivity contribution in [2.24, 2.45) is 0 Å². The van der Waals surface area contributed by atoms with E-state index in [1.807, 2.05) is 30.3 Å². The third kappa shape index (κ3) is 2.72. The minimum atomic E-state index is -3.31. The van der Waals surface area contributed by atoms with Gasteiger partial charge in [0.2, 0.25) is 0 Å². The Hall–Kier alpha value is -0.950. The van der Waals surface area contributed by atoms with Gasteiger partial charge in [0.25, 0.3) is 10.2 Å². The smallest absolute Gasteiger partial charge is 0.281 e. The van der Waals surface area contributed by atoms with Crippen LogP contribution in [0, 0.1) is 0 Å². The van der Waals surface area contributed by atoms with Gasteiger partial charge in [0.05, 0.1) is 0 Å². The van der Waals surface area contributed by atoms with E-state index in [9.17, 15) is 8.42 Å². The van der Waals surface area contributed by atoms with Crippen molar-refractivity contribution in [3.05, 3.63) is 35.9 Å². The second-order valence-corrected chi connectivity index (χ2v) is 6.71. The Bertz CT molecular complexity index is 487. The van der Waals surface area contributed by atoms with E-state index in [2.05, 4.69) is 5.32 Å². The van der Waals surface area contributed by atoms with Gasteiger partial charge in [-0.05, 0) is 5.56 Å². The summed E-state index contributed by atoms with van der Waals surface area (Å²) in [5.41, 5.74) is 1.12. The monoisotopic (exact) mass is 269 g/mol. The molecule has 18 heavy (non-hydrogen) atoms. The average Bonchev–Trinajstić information content (AvgIpc) is 2.40. The number of hydrogen-bond acceptors (Lipinski definition) is 3. The quantitative estimate of drug-likeness (QED) is 0.866. The first-order chi connectivity index (χ1) is 8.51. The molecule has 6 heteroatoms. The molecule has 0 radical (unpaired) electrons. The summed E-state index contributed by atoms with van der Waals surface area (Å²) in [6.45, 7) is 1.67. The lowest BCUT2D eigenvalue weighted by Crippen LogP contribution is -2.51. The molecule has 100 valence electrons. The van der Waals surface area contributed by atoms with Crippen LogP contribution in [0.25, 0.3) is 0 Å². The molecule has 1 aliphatic heterocycles. The maximum Gasteiger partial charge on any atom is 0.281 e. The second-order valence-electron chi connectivity index (χ2n) is 4.57. The van der Waals surface area contributed by atoms with Gasteiger partial charge in [-0.2, -0.15) is 17.0 Å². The molecule has 1 N–H and O–H groups in total. The zero-order valence-corrected chi connectivity index (χ0v) is 11.5. The second kappa shape index (κ2) is 5.36. The first-order valence-electron chi connectivity index (χ1n) is 5.98. The molecule has 1 atom stereocenters. The van der Waals surface area contributed by atoms with Crippen molar-refractivity contribution in [2.45, 2.75) is 6.04 Å². The van der Waals surface area contributed by atoms with Crippen molar-refractivity contribution < 1.29 is 8.42 Å².